The van der Waals surface area contributed by atoms with Crippen LogP contribution >= 0.6 is 15.9 Å². The van der Waals surface area contributed by atoms with Crippen molar-refractivity contribution in [3.63, 3.8) is 0 Å². The van der Waals surface area contributed by atoms with Crippen LogP contribution in [0.1, 0.15) is 12.8 Å². The third-order valence-corrected chi connectivity index (χ3v) is 7.38. The molecular weight excluding hydrogens is 460 g/mol. The largest absolute Gasteiger partial charge is 0.497 e. The Labute approximate surface area is 179 Å². The Morgan fingerprint density at radius 1 is 1.07 bits per heavy atom. The summed E-state index contributed by atoms with van der Waals surface area (Å²) >= 11 is 3.31. The maximum atomic E-state index is 12.8. The highest BCUT2D eigenvalue weighted by Crippen LogP contribution is 2.31. The van der Waals surface area contributed by atoms with Crippen molar-refractivity contribution in [2.75, 3.05) is 32.6 Å². The molecule has 156 valence electrons. The highest BCUT2D eigenvalue weighted by Gasteiger charge is 2.32. The molecule has 0 atom stereocenters. The minimum absolute atomic E-state index is 0.144. The highest BCUT2D eigenvalue weighted by molar-refractivity contribution is 9.10. The SMILES string of the molecule is COc1ccc(NC(=O)C2CCN(S(=O)(=O)c3ccc(Br)cc3)CC2)c(OC)c1. The Bertz CT molecular complexity index is 971. The van der Waals surface area contributed by atoms with Crippen LogP contribution in [0, 0.1) is 5.92 Å². The van der Waals surface area contributed by atoms with Crippen LogP contribution in [0.15, 0.2) is 51.8 Å². The lowest BCUT2D eigenvalue weighted by Crippen LogP contribution is -2.41. The Kier molecular flexibility index (Phi) is 6.81. The van der Waals surface area contributed by atoms with Crippen molar-refractivity contribution in [1.82, 2.24) is 4.31 Å². The van der Waals surface area contributed by atoms with Gasteiger partial charge in [0.15, 0.2) is 0 Å². The number of methoxy groups -OCH3 is 2. The molecule has 0 bridgehead atoms. The molecule has 7 nitrogen and oxygen atoms in total. The number of halogens is 1. The summed E-state index contributed by atoms with van der Waals surface area (Å²) in [5.41, 5.74) is 0.559. The summed E-state index contributed by atoms with van der Waals surface area (Å²) in [7, 11) is -0.476. The molecule has 1 aliphatic heterocycles. The third kappa shape index (κ3) is 4.91. The number of sulfonamides is 1. The van der Waals surface area contributed by atoms with Gasteiger partial charge in [-0.15, -0.1) is 0 Å². The van der Waals surface area contributed by atoms with Gasteiger partial charge in [-0.2, -0.15) is 4.31 Å². The normalized spacial score (nSPS) is 15.7. The molecule has 2 aromatic rings. The number of nitrogens with zero attached hydrogens (tertiary/aromatic N) is 1. The van der Waals surface area contributed by atoms with Gasteiger partial charge in [0, 0.05) is 29.5 Å². The van der Waals surface area contributed by atoms with E-state index in [1.165, 1.54) is 11.4 Å². The molecule has 0 radical (unpaired) electrons. The minimum Gasteiger partial charge on any atom is -0.497 e. The molecule has 0 saturated carbocycles. The zero-order valence-electron chi connectivity index (χ0n) is 16.2. The fraction of sp³-hybridized carbons (Fsp3) is 0.350. The lowest BCUT2D eigenvalue weighted by molar-refractivity contribution is -0.120. The molecule has 1 heterocycles. The molecule has 0 aliphatic carbocycles. The van der Waals surface area contributed by atoms with Crippen LogP contribution in [0.5, 0.6) is 11.5 Å². The maximum Gasteiger partial charge on any atom is 0.243 e. The first-order valence-corrected chi connectivity index (χ1v) is 11.4. The Hall–Kier alpha value is -2.10. The summed E-state index contributed by atoms with van der Waals surface area (Å²) in [5, 5.41) is 2.88. The molecular formula is C20H23BrN2O5S. The van der Waals surface area contributed by atoms with E-state index in [0.717, 1.165) is 4.47 Å². The fourth-order valence-electron chi connectivity index (χ4n) is 3.25. The van der Waals surface area contributed by atoms with E-state index in [0.29, 0.717) is 43.1 Å². The summed E-state index contributed by atoms with van der Waals surface area (Å²) in [4.78, 5) is 12.9. The van der Waals surface area contributed by atoms with Crippen molar-refractivity contribution in [2.45, 2.75) is 17.7 Å². The van der Waals surface area contributed by atoms with Crippen LogP contribution in [0.25, 0.3) is 0 Å². The van der Waals surface area contributed by atoms with Crippen LogP contribution < -0.4 is 14.8 Å². The van der Waals surface area contributed by atoms with E-state index in [1.54, 1.807) is 49.6 Å². The van der Waals surface area contributed by atoms with Gasteiger partial charge in [0.05, 0.1) is 24.8 Å². The van der Waals surface area contributed by atoms with Gasteiger partial charge in [0.1, 0.15) is 11.5 Å². The number of nitrogens with one attached hydrogen (secondary N) is 1. The number of carbonyl (C=O) groups excluding carboxylic acids is 1. The van der Waals surface area contributed by atoms with Crippen molar-refractivity contribution in [3.05, 3.63) is 46.9 Å². The van der Waals surface area contributed by atoms with Crippen molar-refractivity contribution < 1.29 is 22.7 Å². The van der Waals surface area contributed by atoms with E-state index >= 15 is 0 Å². The smallest absolute Gasteiger partial charge is 0.243 e. The number of piperidine rings is 1. The zero-order valence-corrected chi connectivity index (χ0v) is 18.6. The lowest BCUT2D eigenvalue weighted by Gasteiger charge is -2.30. The zero-order chi connectivity index (χ0) is 21.0. The molecule has 1 N–H and O–H groups in total. The fourth-order valence-corrected chi connectivity index (χ4v) is 4.98. The van der Waals surface area contributed by atoms with Crippen LogP contribution in [0.3, 0.4) is 0 Å². The number of hydrogen-bond donors (Lipinski definition) is 1. The molecule has 29 heavy (non-hydrogen) atoms. The summed E-state index contributed by atoms with van der Waals surface area (Å²) in [6.07, 6.45) is 0.917. The van der Waals surface area contributed by atoms with Crippen molar-refractivity contribution in [2.24, 2.45) is 5.92 Å². The van der Waals surface area contributed by atoms with Gasteiger partial charge < -0.3 is 14.8 Å². The quantitative estimate of drug-likeness (QED) is 0.680. The first-order valence-electron chi connectivity index (χ1n) is 9.13. The summed E-state index contributed by atoms with van der Waals surface area (Å²) in [6.45, 7) is 0.604. The number of amides is 1. The maximum absolute atomic E-state index is 12.8. The van der Waals surface area contributed by atoms with Gasteiger partial charge >= 0.3 is 0 Å². The van der Waals surface area contributed by atoms with E-state index in [1.807, 2.05) is 0 Å². The average molecular weight is 483 g/mol. The first kappa shape index (κ1) is 21.6. The Morgan fingerprint density at radius 3 is 2.31 bits per heavy atom. The van der Waals surface area contributed by atoms with Crippen LogP contribution in [-0.4, -0.2) is 45.9 Å². The summed E-state index contributed by atoms with van der Waals surface area (Å²) in [5.74, 6) is 0.728. The van der Waals surface area contributed by atoms with E-state index < -0.39 is 10.0 Å². The lowest BCUT2D eigenvalue weighted by atomic mass is 9.97. The number of anilines is 1. The van der Waals surface area contributed by atoms with Crippen molar-refractivity contribution in [1.29, 1.82) is 0 Å². The summed E-state index contributed by atoms with van der Waals surface area (Å²) < 4.78 is 38.3. The molecule has 1 saturated heterocycles. The number of benzene rings is 2. The van der Waals surface area contributed by atoms with Gasteiger partial charge in [-0.25, -0.2) is 8.42 Å². The number of hydrogen-bond acceptors (Lipinski definition) is 5. The molecule has 0 aromatic heterocycles. The first-order chi connectivity index (χ1) is 13.8. The Morgan fingerprint density at radius 2 is 1.72 bits per heavy atom. The van der Waals surface area contributed by atoms with E-state index in [-0.39, 0.29) is 16.7 Å². The molecule has 0 unspecified atom stereocenters. The van der Waals surface area contributed by atoms with Gasteiger partial charge in [0.2, 0.25) is 15.9 Å². The molecule has 1 aliphatic rings. The molecule has 1 fully saturated rings. The minimum atomic E-state index is -3.56. The number of rotatable bonds is 6. The monoisotopic (exact) mass is 482 g/mol. The van der Waals surface area contributed by atoms with Crippen LogP contribution in [-0.2, 0) is 14.8 Å². The number of ether oxygens (including phenoxy) is 2. The van der Waals surface area contributed by atoms with Gasteiger partial charge in [0.25, 0.3) is 0 Å². The Balaban J connectivity index is 1.63. The summed E-state index contributed by atoms with van der Waals surface area (Å²) in [6, 6.07) is 11.7. The van der Waals surface area contributed by atoms with Gasteiger partial charge in [-0.3, -0.25) is 4.79 Å². The third-order valence-electron chi connectivity index (χ3n) is 4.94. The molecule has 2 aromatic carbocycles. The van der Waals surface area contributed by atoms with Crippen LogP contribution in [0.2, 0.25) is 0 Å². The second kappa shape index (κ2) is 9.15. The van der Waals surface area contributed by atoms with E-state index in [9.17, 15) is 13.2 Å². The topological polar surface area (TPSA) is 84.9 Å². The predicted molar refractivity (Wildman–Crippen MR) is 114 cm³/mol. The molecule has 0 spiro atoms. The van der Waals surface area contributed by atoms with E-state index in [4.69, 9.17) is 9.47 Å². The average Bonchev–Trinajstić information content (AvgIpc) is 2.74. The predicted octanol–water partition coefficient (Wildman–Crippen LogP) is 3.51. The van der Waals surface area contributed by atoms with Gasteiger partial charge in [-0.05, 0) is 49.2 Å². The van der Waals surface area contributed by atoms with Crippen molar-refractivity contribution in [3.8, 4) is 11.5 Å². The standard InChI is InChI=1S/C20H23BrN2O5S/c1-27-16-5-8-18(19(13-16)28-2)22-20(24)14-9-11-23(12-10-14)29(25,26)17-6-3-15(21)4-7-17/h3-8,13-14H,9-12H2,1-2H3,(H,22,24). The second-order valence-corrected chi connectivity index (χ2v) is 9.54. The van der Waals surface area contributed by atoms with Gasteiger partial charge in [-0.1, -0.05) is 15.9 Å². The molecule has 9 heteroatoms. The molecule has 3 rings (SSSR count). The van der Waals surface area contributed by atoms with E-state index in [2.05, 4.69) is 21.2 Å². The molecule has 1 amide bonds. The van der Waals surface area contributed by atoms with Crippen molar-refractivity contribution >= 4 is 37.5 Å². The second-order valence-electron chi connectivity index (χ2n) is 6.69. The highest BCUT2D eigenvalue weighted by atomic mass is 79.9. The number of carbonyl (C=O) groups is 1. The van der Waals surface area contributed by atoms with Crippen LogP contribution in [0.4, 0.5) is 5.69 Å².